The van der Waals surface area contributed by atoms with Gasteiger partial charge < -0.3 is 10.1 Å². The fraction of sp³-hybridized carbons (Fsp3) is 0.222. The van der Waals surface area contributed by atoms with Crippen molar-refractivity contribution in [2.45, 2.75) is 12.5 Å². The Labute approximate surface area is 147 Å². The van der Waals surface area contributed by atoms with Gasteiger partial charge in [0.2, 0.25) is 0 Å². The lowest BCUT2D eigenvalue weighted by Gasteiger charge is -2.06. The molecule has 0 saturated carbocycles. The molecule has 1 saturated heterocycles. The number of para-hydroxylation sites is 1. The van der Waals surface area contributed by atoms with Crippen LogP contribution in [0.1, 0.15) is 12.5 Å². The molecule has 5 nitrogen and oxygen atoms in total. The molecule has 1 fully saturated rings. The molecule has 0 aliphatic carbocycles. The molecule has 0 bridgehead atoms. The third-order valence-electron chi connectivity index (χ3n) is 4.05. The van der Waals surface area contributed by atoms with Crippen LogP contribution in [0.3, 0.4) is 0 Å². The van der Waals surface area contributed by atoms with Gasteiger partial charge >= 0.3 is 0 Å². The van der Waals surface area contributed by atoms with Gasteiger partial charge in [0.25, 0.3) is 0 Å². The van der Waals surface area contributed by atoms with Gasteiger partial charge in [-0.2, -0.15) is 0 Å². The van der Waals surface area contributed by atoms with Crippen LogP contribution in [0.5, 0.6) is 11.5 Å². The van der Waals surface area contributed by atoms with Crippen LogP contribution >= 0.6 is 12.4 Å². The van der Waals surface area contributed by atoms with Gasteiger partial charge in [0.15, 0.2) is 0 Å². The minimum Gasteiger partial charge on any atom is -0.457 e. The molecule has 2 aromatic carbocycles. The van der Waals surface area contributed by atoms with E-state index in [9.17, 15) is 0 Å². The molecule has 124 valence electrons. The summed E-state index contributed by atoms with van der Waals surface area (Å²) in [5, 5.41) is 11.9. The summed E-state index contributed by atoms with van der Waals surface area (Å²) >= 11 is 0. The van der Waals surface area contributed by atoms with Crippen molar-refractivity contribution in [1.29, 1.82) is 0 Å². The molecule has 1 atom stereocenters. The summed E-state index contributed by atoms with van der Waals surface area (Å²) in [4.78, 5) is 0. The van der Waals surface area contributed by atoms with E-state index in [1.54, 1.807) is 0 Å². The minimum atomic E-state index is 0. The number of halogens is 1. The second-order valence-electron chi connectivity index (χ2n) is 5.67. The third kappa shape index (κ3) is 3.58. The predicted octanol–water partition coefficient (Wildman–Crippen LogP) is 3.69. The zero-order valence-electron chi connectivity index (χ0n) is 13.1. The zero-order valence-corrected chi connectivity index (χ0v) is 13.9. The van der Waals surface area contributed by atoms with Crippen LogP contribution in [0.25, 0.3) is 11.3 Å². The molecular formula is C18H19ClN4O. The average molecular weight is 343 g/mol. The van der Waals surface area contributed by atoms with Crippen LogP contribution in [0.15, 0.2) is 60.8 Å². The van der Waals surface area contributed by atoms with Crippen molar-refractivity contribution in [3.05, 3.63) is 60.8 Å². The van der Waals surface area contributed by atoms with Crippen molar-refractivity contribution < 1.29 is 4.74 Å². The SMILES string of the molecule is Cl.c1ccc(Oc2ccc(-c3cn(C4CCNC4)nn3)cc2)cc1. The fourth-order valence-corrected chi connectivity index (χ4v) is 2.77. The Morgan fingerprint density at radius 2 is 1.75 bits per heavy atom. The molecule has 3 aromatic rings. The summed E-state index contributed by atoms with van der Waals surface area (Å²) in [7, 11) is 0. The Kier molecular flexibility index (Phi) is 5.13. The second kappa shape index (κ2) is 7.47. The Morgan fingerprint density at radius 3 is 2.46 bits per heavy atom. The molecule has 2 heterocycles. The first-order valence-corrected chi connectivity index (χ1v) is 7.84. The van der Waals surface area contributed by atoms with Crippen molar-refractivity contribution in [1.82, 2.24) is 20.3 Å². The maximum Gasteiger partial charge on any atom is 0.127 e. The molecule has 1 unspecified atom stereocenters. The molecular weight excluding hydrogens is 324 g/mol. The molecule has 0 radical (unpaired) electrons. The predicted molar refractivity (Wildman–Crippen MR) is 95.7 cm³/mol. The van der Waals surface area contributed by atoms with Crippen LogP contribution < -0.4 is 10.1 Å². The molecule has 6 heteroatoms. The molecule has 0 spiro atoms. The number of aromatic nitrogens is 3. The van der Waals surface area contributed by atoms with E-state index in [4.69, 9.17) is 4.74 Å². The summed E-state index contributed by atoms with van der Waals surface area (Å²) in [6.45, 7) is 2.01. The average Bonchev–Trinajstić information content (AvgIpc) is 3.28. The van der Waals surface area contributed by atoms with E-state index >= 15 is 0 Å². The van der Waals surface area contributed by atoms with E-state index in [0.717, 1.165) is 42.3 Å². The first-order chi connectivity index (χ1) is 11.4. The van der Waals surface area contributed by atoms with Crippen LogP contribution in [0.4, 0.5) is 0 Å². The smallest absolute Gasteiger partial charge is 0.127 e. The minimum absolute atomic E-state index is 0. The molecule has 1 aliphatic heterocycles. The van der Waals surface area contributed by atoms with Crippen molar-refractivity contribution in [3.8, 4) is 22.8 Å². The molecule has 1 aliphatic rings. The van der Waals surface area contributed by atoms with Crippen molar-refractivity contribution in [2.24, 2.45) is 0 Å². The summed E-state index contributed by atoms with van der Waals surface area (Å²) in [5.41, 5.74) is 1.94. The Hall–Kier alpha value is -2.37. The van der Waals surface area contributed by atoms with E-state index < -0.39 is 0 Å². The normalized spacial score (nSPS) is 16.6. The summed E-state index contributed by atoms with van der Waals surface area (Å²) in [6, 6.07) is 18.1. The summed E-state index contributed by atoms with van der Waals surface area (Å²) in [5.74, 6) is 1.65. The number of benzene rings is 2. The maximum absolute atomic E-state index is 5.81. The number of rotatable bonds is 4. The van der Waals surface area contributed by atoms with E-state index in [-0.39, 0.29) is 12.4 Å². The number of ether oxygens (including phenoxy) is 1. The summed E-state index contributed by atoms with van der Waals surface area (Å²) < 4.78 is 7.77. The lowest BCUT2D eigenvalue weighted by Crippen LogP contribution is -2.13. The van der Waals surface area contributed by atoms with Gasteiger partial charge in [-0.15, -0.1) is 17.5 Å². The van der Waals surface area contributed by atoms with E-state index in [2.05, 4.69) is 15.6 Å². The van der Waals surface area contributed by atoms with Crippen LogP contribution in [0, 0.1) is 0 Å². The third-order valence-corrected chi connectivity index (χ3v) is 4.05. The number of nitrogens with one attached hydrogen (secondary N) is 1. The Balaban J connectivity index is 0.00000169. The van der Waals surface area contributed by atoms with Gasteiger partial charge in [-0.25, -0.2) is 4.68 Å². The first-order valence-electron chi connectivity index (χ1n) is 7.84. The Morgan fingerprint density at radius 1 is 1.00 bits per heavy atom. The first kappa shape index (κ1) is 16.5. The lowest BCUT2D eigenvalue weighted by molar-refractivity contribution is 0.476. The van der Waals surface area contributed by atoms with E-state index in [1.807, 2.05) is 65.5 Å². The van der Waals surface area contributed by atoms with E-state index in [1.165, 1.54) is 0 Å². The van der Waals surface area contributed by atoms with Crippen LogP contribution in [-0.4, -0.2) is 28.1 Å². The molecule has 1 N–H and O–H groups in total. The van der Waals surface area contributed by atoms with Gasteiger partial charge in [-0.05, 0) is 49.4 Å². The highest BCUT2D eigenvalue weighted by molar-refractivity contribution is 5.85. The molecule has 0 amide bonds. The van der Waals surface area contributed by atoms with Gasteiger partial charge in [0.05, 0.1) is 12.2 Å². The monoisotopic (exact) mass is 342 g/mol. The number of hydrogen-bond donors (Lipinski definition) is 1. The molecule has 1 aromatic heterocycles. The quantitative estimate of drug-likeness (QED) is 0.785. The number of hydrogen-bond acceptors (Lipinski definition) is 4. The standard InChI is InChI=1S/C18H18N4O.ClH/c1-2-4-16(5-3-1)23-17-8-6-14(7-9-17)18-13-22(21-20-18)15-10-11-19-12-15;/h1-9,13,15,19H,10-12H2;1H. The largest absolute Gasteiger partial charge is 0.457 e. The zero-order chi connectivity index (χ0) is 15.5. The highest BCUT2D eigenvalue weighted by atomic mass is 35.5. The maximum atomic E-state index is 5.81. The van der Waals surface area contributed by atoms with Crippen LogP contribution in [0.2, 0.25) is 0 Å². The van der Waals surface area contributed by atoms with Crippen molar-refractivity contribution in [3.63, 3.8) is 0 Å². The van der Waals surface area contributed by atoms with Gasteiger partial charge in [-0.1, -0.05) is 23.4 Å². The fourth-order valence-electron chi connectivity index (χ4n) is 2.77. The van der Waals surface area contributed by atoms with Crippen molar-refractivity contribution >= 4 is 12.4 Å². The van der Waals surface area contributed by atoms with E-state index in [0.29, 0.717) is 6.04 Å². The van der Waals surface area contributed by atoms with Gasteiger partial charge in [0.1, 0.15) is 17.2 Å². The highest BCUT2D eigenvalue weighted by Gasteiger charge is 2.18. The Bertz CT molecular complexity index is 767. The highest BCUT2D eigenvalue weighted by Crippen LogP contribution is 2.25. The number of nitrogens with zero attached hydrogens (tertiary/aromatic N) is 3. The molecule has 4 rings (SSSR count). The van der Waals surface area contributed by atoms with Crippen LogP contribution in [-0.2, 0) is 0 Å². The van der Waals surface area contributed by atoms with Crippen molar-refractivity contribution in [2.75, 3.05) is 13.1 Å². The van der Waals surface area contributed by atoms with Gasteiger partial charge in [-0.3, -0.25) is 0 Å². The van der Waals surface area contributed by atoms with Gasteiger partial charge in [0, 0.05) is 12.1 Å². The second-order valence-corrected chi connectivity index (χ2v) is 5.67. The molecule has 24 heavy (non-hydrogen) atoms. The topological polar surface area (TPSA) is 52.0 Å². The summed E-state index contributed by atoms with van der Waals surface area (Å²) in [6.07, 6.45) is 3.12. The lowest BCUT2D eigenvalue weighted by atomic mass is 10.1.